The number of amides is 1. The number of quaternary nitrogens is 1. The molecule has 1 rings (SSSR count). The Morgan fingerprint density at radius 1 is 1.23 bits per heavy atom. The average Bonchev–Trinajstić information content (AvgIpc) is 2.37. The maximum absolute atomic E-state index is 12.3. The largest absolute Gasteiger partial charge is 0.459 e. The van der Waals surface area contributed by atoms with Gasteiger partial charge in [-0.1, -0.05) is 13.8 Å². The first-order chi connectivity index (χ1) is 10.2. The fourth-order valence-corrected chi connectivity index (χ4v) is 3.47. The van der Waals surface area contributed by atoms with Gasteiger partial charge in [0, 0.05) is 31.6 Å². The minimum atomic E-state index is -0.430. The van der Waals surface area contributed by atoms with Crippen LogP contribution in [0.2, 0.25) is 0 Å². The van der Waals surface area contributed by atoms with Gasteiger partial charge in [0.05, 0.1) is 13.1 Å². The maximum atomic E-state index is 12.3. The molecule has 0 aromatic heterocycles. The SMILES string of the molecule is CC(C)CC(CC(N)=O)CC(=O)OC(C)(C)C1CC[NH2+]CC1. The molecule has 1 amide bonds. The molecule has 1 aliphatic rings. The molecule has 5 heteroatoms. The Hall–Kier alpha value is -1.10. The van der Waals surface area contributed by atoms with Crippen LogP contribution in [-0.2, 0) is 14.3 Å². The highest BCUT2D eigenvalue weighted by atomic mass is 16.6. The van der Waals surface area contributed by atoms with Crippen LogP contribution in [0.25, 0.3) is 0 Å². The highest BCUT2D eigenvalue weighted by Crippen LogP contribution is 2.29. The van der Waals surface area contributed by atoms with Crippen LogP contribution in [0, 0.1) is 17.8 Å². The molecular weight excluding hydrogens is 280 g/mol. The van der Waals surface area contributed by atoms with Crippen molar-refractivity contribution >= 4 is 11.9 Å². The Morgan fingerprint density at radius 2 is 1.82 bits per heavy atom. The van der Waals surface area contributed by atoms with Crippen LogP contribution >= 0.6 is 0 Å². The smallest absolute Gasteiger partial charge is 0.306 e. The van der Waals surface area contributed by atoms with Gasteiger partial charge in [-0.3, -0.25) is 9.59 Å². The molecule has 22 heavy (non-hydrogen) atoms. The fourth-order valence-electron chi connectivity index (χ4n) is 3.47. The molecule has 5 nitrogen and oxygen atoms in total. The van der Waals surface area contributed by atoms with Crippen molar-refractivity contribution in [2.24, 2.45) is 23.5 Å². The Labute approximate surface area is 134 Å². The number of primary amides is 1. The third-order valence-corrected chi connectivity index (χ3v) is 4.55. The maximum Gasteiger partial charge on any atom is 0.306 e. The quantitative estimate of drug-likeness (QED) is 0.660. The molecule has 1 fully saturated rings. The van der Waals surface area contributed by atoms with Gasteiger partial charge in [0.15, 0.2) is 0 Å². The lowest BCUT2D eigenvalue weighted by Gasteiger charge is -2.35. The zero-order valence-electron chi connectivity index (χ0n) is 14.6. The molecule has 1 heterocycles. The van der Waals surface area contributed by atoms with Crippen LogP contribution in [-0.4, -0.2) is 30.6 Å². The van der Waals surface area contributed by atoms with E-state index in [4.69, 9.17) is 10.5 Å². The molecule has 1 saturated heterocycles. The molecule has 4 N–H and O–H groups in total. The van der Waals surface area contributed by atoms with Gasteiger partial charge in [-0.2, -0.15) is 0 Å². The first kappa shape index (κ1) is 18.9. The molecule has 1 unspecified atom stereocenters. The first-order valence-corrected chi connectivity index (χ1v) is 8.52. The summed E-state index contributed by atoms with van der Waals surface area (Å²) in [5.74, 6) is 0.285. The van der Waals surface area contributed by atoms with Crippen molar-refractivity contribution in [3.05, 3.63) is 0 Å². The van der Waals surface area contributed by atoms with Crippen molar-refractivity contribution in [3.8, 4) is 0 Å². The van der Waals surface area contributed by atoms with Crippen molar-refractivity contribution in [1.82, 2.24) is 0 Å². The van der Waals surface area contributed by atoms with Crippen molar-refractivity contribution in [2.75, 3.05) is 13.1 Å². The third kappa shape index (κ3) is 6.77. The van der Waals surface area contributed by atoms with Crippen LogP contribution in [0.1, 0.15) is 59.8 Å². The third-order valence-electron chi connectivity index (χ3n) is 4.55. The summed E-state index contributed by atoms with van der Waals surface area (Å²) in [6, 6.07) is 0. The van der Waals surface area contributed by atoms with Gasteiger partial charge in [-0.05, 0) is 32.1 Å². The standard InChI is InChI=1S/C17H32N2O3/c1-12(2)9-13(10-15(18)20)11-16(21)22-17(3,4)14-5-7-19-8-6-14/h12-14,19H,5-11H2,1-4H3,(H2,18,20)/p+1. The van der Waals surface area contributed by atoms with E-state index in [1.54, 1.807) is 0 Å². The minimum absolute atomic E-state index is 0.0134. The van der Waals surface area contributed by atoms with Crippen molar-refractivity contribution in [3.63, 3.8) is 0 Å². The summed E-state index contributed by atoms with van der Waals surface area (Å²) in [5.41, 5.74) is 4.86. The number of esters is 1. The topological polar surface area (TPSA) is 86.0 Å². The summed E-state index contributed by atoms with van der Waals surface area (Å²) in [7, 11) is 0. The van der Waals surface area contributed by atoms with Crippen LogP contribution in [0.4, 0.5) is 0 Å². The van der Waals surface area contributed by atoms with E-state index in [1.165, 1.54) is 0 Å². The predicted molar refractivity (Wildman–Crippen MR) is 85.9 cm³/mol. The minimum Gasteiger partial charge on any atom is -0.459 e. The summed E-state index contributed by atoms with van der Waals surface area (Å²) >= 11 is 0. The Morgan fingerprint density at radius 3 is 2.32 bits per heavy atom. The van der Waals surface area contributed by atoms with Gasteiger partial charge in [0.1, 0.15) is 5.60 Å². The number of carbonyl (C=O) groups excluding carboxylic acids is 2. The molecular formula is C17H33N2O3+. The molecule has 128 valence electrons. The molecule has 0 aromatic carbocycles. The van der Waals surface area contributed by atoms with Crippen LogP contribution in [0.3, 0.4) is 0 Å². The van der Waals surface area contributed by atoms with E-state index < -0.39 is 5.60 Å². The highest BCUT2D eigenvalue weighted by Gasteiger charge is 2.35. The summed E-state index contributed by atoms with van der Waals surface area (Å²) in [4.78, 5) is 23.5. The van der Waals surface area contributed by atoms with Gasteiger partial charge >= 0.3 is 5.97 Å². The molecule has 0 saturated carbocycles. The number of hydrogen-bond donors (Lipinski definition) is 2. The van der Waals surface area contributed by atoms with Crippen molar-refractivity contribution < 1.29 is 19.6 Å². The van der Waals surface area contributed by atoms with Gasteiger partial charge in [-0.15, -0.1) is 0 Å². The molecule has 0 aromatic rings. The monoisotopic (exact) mass is 313 g/mol. The average molecular weight is 313 g/mol. The van der Waals surface area contributed by atoms with Crippen molar-refractivity contribution in [2.45, 2.75) is 65.4 Å². The molecule has 0 bridgehead atoms. The number of hydrogen-bond acceptors (Lipinski definition) is 3. The second kappa shape index (κ2) is 8.51. The Balaban J connectivity index is 2.55. The first-order valence-electron chi connectivity index (χ1n) is 8.52. The Kier molecular flexibility index (Phi) is 7.33. The van der Waals surface area contributed by atoms with Gasteiger partial charge in [0.25, 0.3) is 0 Å². The highest BCUT2D eigenvalue weighted by molar-refractivity contribution is 5.76. The lowest BCUT2D eigenvalue weighted by Crippen LogP contribution is -2.86. The summed E-state index contributed by atoms with van der Waals surface area (Å²) in [6.45, 7) is 10.4. The molecule has 1 atom stereocenters. The van der Waals surface area contributed by atoms with Gasteiger partial charge < -0.3 is 15.8 Å². The van der Waals surface area contributed by atoms with Crippen LogP contribution in [0.15, 0.2) is 0 Å². The predicted octanol–water partition coefficient (Wildman–Crippen LogP) is 1.21. The lowest BCUT2D eigenvalue weighted by atomic mass is 9.83. The second-order valence-electron chi connectivity index (χ2n) is 7.59. The second-order valence-corrected chi connectivity index (χ2v) is 7.59. The molecule has 0 radical (unpaired) electrons. The fraction of sp³-hybridized carbons (Fsp3) is 0.882. The van der Waals surface area contributed by atoms with E-state index in [0.717, 1.165) is 32.4 Å². The molecule has 0 spiro atoms. The van der Waals surface area contributed by atoms with Gasteiger partial charge in [0.2, 0.25) is 5.91 Å². The van der Waals surface area contributed by atoms with Crippen molar-refractivity contribution in [1.29, 1.82) is 0 Å². The Bertz CT molecular complexity index is 374. The molecule has 1 aliphatic heterocycles. The van der Waals surface area contributed by atoms with Gasteiger partial charge in [-0.25, -0.2) is 0 Å². The summed E-state index contributed by atoms with van der Waals surface area (Å²) in [6.07, 6.45) is 3.51. The number of ether oxygens (including phenoxy) is 1. The van der Waals surface area contributed by atoms with E-state index in [1.807, 2.05) is 13.8 Å². The van der Waals surface area contributed by atoms with E-state index in [2.05, 4.69) is 19.2 Å². The summed E-state index contributed by atoms with van der Waals surface area (Å²) < 4.78 is 5.77. The normalized spacial score (nSPS) is 18.2. The number of nitrogens with two attached hydrogens (primary N) is 2. The zero-order valence-corrected chi connectivity index (χ0v) is 14.6. The van der Waals surface area contributed by atoms with E-state index in [9.17, 15) is 9.59 Å². The number of carbonyl (C=O) groups is 2. The van der Waals surface area contributed by atoms with E-state index >= 15 is 0 Å². The molecule has 0 aliphatic carbocycles. The zero-order chi connectivity index (χ0) is 16.8. The van der Waals surface area contributed by atoms with E-state index in [0.29, 0.717) is 11.8 Å². The summed E-state index contributed by atoms with van der Waals surface area (Å²) in [5, 5.41) is 2.31. The van der Waals surface area contributed by atoms with Crippen LogP contribution in [0.5, 0.6) is 0 Å². The number of rotatable bonds is 8. The number of piperidine rings is 1. The lowest BCUT2D eigenvalue weighted by molar-refractivity contribution is -0.665. The van der Waals surface area contributed by atoms with E-state index in [-0.39, 0.29) is 30.6 Å². The van der Waals surface area contributed by atoms with Crippen LogP contribution < -0.4 is 11.1 Å².